The molecule has 0 aromatic heterocycles. The zero-order valence-electron chi connectivity index (χ0n) is 7.65. The molecule has 4 aliphatic rings. The molecule has 0 spiro atoms. The summed E-state index contributed by atoms with van der Waals surface area (Å²) in [5.41, 5.74) is 0. The van der Waals surface area contributed by atoms with Gasteiger partial charge >= 0.3 is 0 Å². The molecule has 0 heterocycles. The van der Waals surface area contributed by atoms with Crippen molar-refractivity contribution < 1.29 is 4.79 Å². The van der Waals surface area contributed by atoms with Gasteiger partial charge in [0, 0.05) is 12.3 Å². The van der Waals surface area contributed by atoms with Crippen LogP contribution in [0.25, 0.3) is 0 Å². The van der Waals surface area contributed by atoms with E-state index < -0.39 is 0 Å². The van der Waals surface area contributed by atoms with Gasteiger partial charge in [0.1, 0.15) is 5.78 Å². The van der Waals surface area contributed by atoms with Crippen LogP contribution in [0.4, 0.5) is 0 Å². The van der Waals surface area contributed by atoms with Gasteiger partial charge in [-0.15, -0.1) is 0 Å². The molecule has 0 N–H and O–H groups in total. The lowest BCUT2D eigenvalue weighted by molar-refractivity contribution is -0.124. The van der Waals surface area contributed by atoms with Crippen molar-refractivity contribution in [1.82, 2.24) is 0 Å². The number of hydrogen-bond donors (Lipinski definition) is 0. The highest BCUT2D eigenvalue weighted by molar-refractivity contribution is 5.85. The maximum atomic E-state index is 11.6. The maximum Gasteiger partial charge on any atom is 0.136 e. The minimum absolute atomic E-state index is 0.481. The molecule has 3 saturated carbocycles. The van der Waals surface area contributed by atoms with Gasteiger partial charge in [0.05, 0.1) is 0 Å². The monoisotopic (exact) mass is 174 g/mol. The summed E-state index contributed by atoms with van der Waals surface area (Å²) in [6.07, 6.45) is 8.35. The topological polar surface area (TPSA) is 17.1 Å². The third kappa shape index (κ3) is 0.619. The summed E-state index contributed by atoms with van der Waals surface area (Å²) in [6.45, 7) is 0. The van der Waals surface area contributed by atoms with Crippen molar-refractivity contribution in [1.29, 1.82) is 0 Å². The van der Waals surface area contributed by atoms with Crippen LogP contribution in [0.3, 0.4) is 0 Å². The number of carbonyl (C=O) groups excluding carboxylic acids is 1. The number of allylic oxidation sites excluding steroid dienone is 2. The average molecular weight is 174 g/mol. The molecule has 0 aromatic rings. The number of hydrogen-bond acceptors (Lipinski definition) is 1. The van der Waals surface area contributed by atoms with E-state index in [4.69, 9.17) is 0 Å². The van der Waals surface area contributed by atoms with E-state index in [1.807, 2.05) is 0 Å². The van der Waals surface area contributed by atoms with Gasteiger partial charge in [-0.05, 0) is 42.4 Å². The highest BCUT2D eigenvalue weighted by Gasteiger charge is 2.60. The summed E-state index contributed by atoms with van der Waals surface area (Å²) < 4.78 is 0. The summed E-state index contributed by atoms with van der Waals surface area (Å²) in [6, 6.07) is 0. The van der Waals surface area contributed by atoms with Gasteiger partial charge in [-0.3, -0.25) is 4.79 Å². The quantitative estimate of drug-likeness (QED) is 0.405. The molecule has 0 amide bonds. The molecule has 13 heavy (non-hydrogen) atoms. The predicted molar refractivity (Wildman–Crippen MR) is 48.9 cm³/mol. The summed E-state index contributed by atoms with van der Waals surface area (Å²) in [7, 11) is 0. The molecule has 68 valence electrons. The molecule has 3 fully saturated rings. The first kappa shape index (κ1) is 6.80. The third-order valence-electron chi connectivity index (χ3n) is 5.03. The fourth-order valence-corrected chi connectivity index (χ4v) is 4.74. The number of carbonyl (C=O) groups is 1. The number of rotatable bonds is 0. The first-order valence-corrected chi connectivity index (χ1v) is 5.55. The molecule has 0 radical (unpaired) electrons. The molecular formula is C12H14O. The molecule has 1 heteroatoms. The smallest absolute Gasteiger partial charge is 0.136 e. The number of ketones is 1. The Hall–Kier alpha value is -0.590. The van der Waals surface area contributed by atoms with E-state index in [1.54, 1.807) is 0 Å². The first-order chi connectivity index (χ1) is 6.34. The van der Waals surface area contributed by atoms with E-state index in [2.05, 4.69) is 12.2 Å². The van der Waals surface area contributed by atoms with Gasteiger partial charge in [-0.2, -0.15) is 0 Å². The maximum absolute atomic E-state index is 11.6. The molecule has 0 aliphatic heterocycles. The van der Waals surface area contributed by atoms with Crippen LogP contribution in [0.5, 0.6) is 0 Å². The fourth-order valence-electron chi connectivity index (χ4n) is 4.74. The van der Waals surface area contributed by atoms with E-state index in [9.17, 15) is 4.79 Å². The third-order valence-corrected chi connectivity index (χ3v) is 5.03. The van der Waals surface area contributed by atoms with Gasteiger partial charge < -0.3 is 0 Å². The highest BCUT2D eigenvalue weighted by atomic mass is 16.1. The van der Waals surface area contributed by atoms with Crippen molar-refractivity contribution >= 4 is 5.78 Å². The van der Waals surface area contributed by atoms with Crippen LogP contribution >= 0.6 is 0 Å². The Balaban J connectivity index is 1.82. The Morgan fingerprint density at radius 1 is 1.08 bits per heavy atom. The molecule has 4 aliphatic carbocycles. The van der Waals surface area contributed by atoms with Crippen molar-refractivity contribution in [2.75, 3.05) is 0 Å². The van der Waals surface area contributed by atoms with Gasteiger partial charge in [0.25, 0.3) is 0 Å². The van der Waals surface area contributed by atoms with E-state index in [-0.39, 0.29) is 0 Å². The van der Waals surface area contributed by atoms with Crippen molar-refractivity contribution in [2.24, 2.45) is 35.5 Å². The van der Waals surface area contributed by atoms with Gasteiger partial charge in [0.15, 0.2) is 0 Å². The van der Waals surface area contributed by atoms with E-state index in [1.165, 1.54) is 12.8 Å². The van der Waals surface area contributed by atoms with Crippen LogP contribution in [-0.4, -0.2) is 5.78 Å². The second-order valence-electron chi connectivity index (χ2n) is 5.38. The first-order valence-electron chi connectivity index (χ1n) is 5.55. The van der Waals surface area contributed by atoms with Crippen LogP contribution in [0, 0.1) is 35.5 Å². The molecule has 4 bridgehead atoms. The second kappa shape index (κ2) is 1.92. The summed E-state index contributed by atoms with van der Waals surface area (Å²) in [5.74, 6) is 5.19. The standard InChI is InChI=1S/C12H14O/c13-10-5-8-4-9(10)12-7-2-1-6(3-7)11(8)12/h1-2,6-9,11-12H,3-5H2/t6-,7+,8+,9-,11+,12-/m0/s1. The molecule has 0 saturated heterocycles. The van der Waals surface area contributed by atoms with Crippen molar-refractivity contribution in [3.63, 3.8) is 0 Å². The minimum Gasteiger partial charge on any atom is -0.299 e. The Labute approximate surface area is 78.2 Å². The average Bonchev–Trinajstić information content (AvgIpc) is 2.78. The van der Waals surface area contributed by atoms with Crippen LogP contribution in [0.2, 0.25) is 0 Å². The van der Waals surface area contributed by atoms with Crippen molar-refractivity contribution in [2.45, 2.75) is 19.3 Å². The normalized spacial score (nSPS) is 60.8. The number of Topliss-reactive ketones (excluding diaryl/α,β-unsaturated/α-hetero) is 1. The summed E-state index contributed by atoms with van der Waals surface area (Å²) in [5, 5.41) is 0. The van der Waals surface area contributed by atoms with Crippen LogP contribution in [-0.2, 0) is 4.79 Å². The van der Waals surface area contributed by atoms with E-state index >= 15 is 0 Å². The Morgan fingerprint density at radius 3 is 2.69 bits per heavy atom. The van der Waals surface area contributed by atoms with Crippen LogP contribution < -0.4 is 0 Å². The molecule has 0 unspecified atom stereocenters. The Kier molecular flexibility index (Phi) is 1.00. The fraction of sp³-hybridized carbons (Fsp3) is 0.750. The number of fused-ring (bicyclic) bond motifs is 9. The molecular weight excluding hydrogens is 160 g/mol. The summed E-state index contributed by atoms with van der Waals surface area (Å²) in [4.78, 5) is 11.6. The largest absolute Gasteiger partial charge is 0.299 e. The highest BCUT2D eigenvalue weighted by Crippen LogP contribution is 2.64. The molecule has 6 atom stereocenters. The van der Waals surface area contributed by atoms with Gasteiger partial charge in [0.2, 0.25) is 0 Å². The van der Waals surface area contributed by atoms with Crippen LogP contribution in [0.15, 0.2) is 12.2 Å². The summed E-state index contributed by atoms with van der Waals surface area (Å²) >= 11 is 0. The van der Waals surface area contributed by atoms with Crippen LogP contribution in [0.1, 0.15) is 19.3 Å². The van der Waals surface area contributed by atoms with E-state index in [0.29, 0.717) is 11.7 Å². The Morgan fingerprint density at radius 2 is 1.85 bits per heavy atom. The zero-order chi connectivity index (χ0) is 8.58. The van der Waals surface area contributed by atoms with E-state index in [0.717, 1.165) is 36.0 Å². The SMILES string of the molecule is O=C1C[C@H]2C[C@@H]1[C@H]1[C@@H]2[C@H]2C=C[C@@H]1C2. The van der Waals surface area contributed by atoms with Crippen molar-refractivity contribution in [3.8, 4) is 0 Å². The Bertz CT molecular complexity index is 317. The lowest BCUT2D eigenvalue weighted by Gasteiger charge is -2.30. The van der Waals surface area contributed by atoms with Crippen molar-refractivity contribution in [3.05, 3.63) is 12.2 Å². The zero-order valence-corrected chi connectivity index (χ0v) is 7.65. The molecule has 0 aromatic carbocycles. The second-order valence-corrected chi connectivity index (χ2v) is 5.38. The van der Waals surface area contributed by atoms with Gasteiger partial charge in [-0.1, -0.05) is 12.2 Å². The molecule has 1 nitrogen and oxygen atoms in total. The minimum atomic E-state index is 0.481. The lowest BCUT2D eigenvalue weighted by Crippen LogP contribution is -2.30. The lowest BCUT2D eigenvalue weighted by atomic mass is 9.73. The molecule has 4 rings (SSSR count). The van der Waals surface area contributed by atoms with Gasteiger partial charge in [-0.25, -0.2) is 0 Å². The predicted octanol–water partition coefficient (Wildman–Crippen LogP) is 2.03.